The zero-order valence-electron chi connectivity index (χ0n) is 11.8. The average Bonchev–Trinajstić information content (AvgIpc) is 2.93. The van der Waals surface area contributed by atoms with Crippen LogP contribution in [0.2, 0.25) is 0 Å². The van der Waals surface area contributed by atoms with Crippen LogP contribution in [0.5, 0.6) is 0 Å². The molecule has 3 nitrogen and oxygen atoms in total. The number of aryl methyl sites for hydroxylation is 1. The molecule has 2 rings (SSSR count). The lowest BCUT2D eigenvalue weighted by molar-refractivity contribution is -0.146. The fourth-order valence-electron chi connectivity index (χ4n) is 2.65. The predicted molar refractivity (Wildman–Crippen MR) is 78.3 cm³/mol. The van der Waals surface area contributed by atoms with E-state index in [1.807, 2.05) is 11.3 Å². The molecule has 4 heteroatoms. The molecular formula is C15H23NO2S. The highest BCUT2D eigenvalue weighted by Crippen LogP contribution is 2.26. The van der Waals surface area contributed by atoms with E-state index in [1.165, 1.54) is 16.9 Å². The summed E-state index contributed by atoms with van der Waals surface area (Å²) in [5, 5.41) is 3.61. The van der Waals surface area contributed by atoms with E-state index < -0.39 is 0 Å². The zero-order valence-corrected chi connectivity index (χ0v) is 12.6. The van der Waals surface area contributed by atoms with Crippen LogP contribution in [0.25, 0.3) is 0 Å². The number of esters is 1. The molecule has 0 spiro atoms. The number of carbonyl (C=O) groups is 1. The van der Waals surface area contributed by atoms with Crippen molar-refractivity contribution in [2.24, 2.45) is 5.92 Å². The normalized spacial score (nSPS) is 23.3. The van der Waals surface area contributed by atoms with Crippen LogP contribution in [-0.2, 0) is 22.5 Å². The first-order chi connectivity index (χ1) is 9.22. The zero-order chi connectivity index (χ0) is 13.7. The number of ether oxygens (including phenoxy) is 1. The summed E-state index contributed by atoms with van der Waals surface area (Å²) < 4.78 is 4.81. The van der Waals surface area contributed by atoms with E-state index in [4.69, 9.17) is 4.74 Å². The van der Waals surface area contributed by atoms with E-state index in [1.54, 1.807) is 0 Å². The Balaban J connectivity index is 1.72. The predicted octanol–water partition coefficient (Wildman–Crippen LogP) is 3.13. The van der Waals surface area contributed by atoms with Gasteiger partial charge in [-0.15, -0.1) is 11.3 Å². The lowest BCUT2D eigenvalue weighted by Gasteiger charge is -2.27. The summed E-state index contributed by atoms with van der Waals surface area (Å²) in [5.41, 5.74) is 0. The van der Waals surface area contributed by atoms with Crippen molar-refractivity contribution in [1.82, 2.24) is 5.32 Å². The Kier molecular flexibility index (Phi) is 5.40. The van der Waals surface area contributed by atoms with Crippen molar-refractivity contribution in [3.63, 3.8) is 0 Å². The molecule has 0 aliphatic heterocycles. The molecule has 0 unspecified atom stereocenters. The van der Waals surface area contributed by atoms with E-state index in [0.29, 0.717) is 6.04 Å². The highest BCUT2D eigenvalue weighted by Gasteiger charge is 2.26. The van der Waals surface area contributed by atoms with Crippen LogP contribution in [0.1, 0.15) is 42.4 Å². The SMILES string of the molecule is CCc1ccc(CNC2CCC(C(=O)OC)CC2)s1. The lowest BCUT2D eigenvalue weighted by Crippen LogP contribution is -2.34. The van der Waals surface area contributed by atoms with Crippen LogP contribution in [0.4, 0.5) is 0 Å². The second-order valence-electron chi connectivity index (χ2n) is 5.17. The third-order valence-electron chi connectivity index (χ3n) is 3.89. The number of hydrogen-bond donors (Lipinski definition) is 1. The minimum absolute atomic E-state index is 0.0377. The van der Waals surface area contributed by atoms with Crippen molar-refractivity contribution in [3.8, 4) is 0 Å². The third-order valence-corrected chi connectivity index (χ3v) is 5.12. The van der Waals surface area contributed by atoms with E-state index in [2.05, 4.69) is 24.4 Å². The summed E-state index contributed by atoms with van der Waals surface area (Å²) in [6.07, 6.45) is 5.18. The second kappa shape index (κ2) is 7.06. The third kappa shape index (κ3) is 4.05. The molecule has 0 atom stereocenters. The van der Waals surface area contributed by atoms with Gasteiger partial charge in [-0.3, -0.25) is 4.79 Å². The Morgan fingerprint density at radius 3 is 2.58 bits per heavy atom. The number of nitrogens with one attached hydrogen (secondary N) is 1. The van der Waals surface area contributed by atoms with Gasteiger partial charge in [0, 0.05) is 22.3 Å². The maximum absolute atomic E-state index is 11.4. The molecule has 1 fully saturated rings. The lowest BCUT2D eigenvalue weighted by atomic mass is 9.86. The van der Waals surface area contributed by atoms with Crippen molar-refractivity contribution < 1.29 is 9.53 Å². The summed E-state index contributed by atoms with van der Waals surface area (Å²) in [6.45, 7) is 3.15. The van der Waals surface area contributed by atoms with Gasteiger partial charge in [0.15, 0.2) is 0 Å². The number of carbonyl (C=O) groups excluding carboxylic acids is 1. The Hall–Kier alpha value is -0.870. The van der Waals surface area contributed by atoms with Gasteiger partial charge in [-0.1, -0.05) is 6.92 Å². The largest absolute Gasteiger partial charge is 0.469 e. The first-order valence-corrected chi connectivity index (χ1v) is 7.93. The highest BCUT2D eigenvalue weighted by atomic mass is 32.1. The van der Waals surface area contributed by atoms with E-state index in [-0.39, 0.29) is 11.9 Å². The molecule has 1 aromatic rings. The topological polar surface area (TPSA) is 38.3 Å². The number of thiophene rings is 1. The molecule has 0 aromatic carbocycles. The standard InChI is InChI=1S/C15H23NO2S/c1-3-13-8-9-14(19-13)10-16-12-6-4-11(5-7-12)15(17)18-2/h8-9,11-12,16H,3-7,10H2,1-2H3. The molecule has 1 saturated carbocycles. The smallest absolute Gasteiger partial charge is 0.308 e. The monoisotopic (exact) mass is 281 g/mol. The Bertz CT molecular complexity index is 408. The molecular weight excluding hydrogens is 258 g/mol. The van der Waals surface area contributed by atoms with Crippen molar-refractivity contribution in [2.75, 3.05) is 7.11 Å². The molecule has 0 saturated heterocycles. The van der Waals surface area contributed by atoms with Crippen LogP contribution in [0.15, 0.2) is 12.1 Å². The fraction of sp³-hybridized carbons (Fsp3) is 0.667. The molecule has 0 radical (unpaired) electrons. The molecule has 0 amide bonds. The minimum atomic E-state index is -0.0377. The Labute approximate surface area is 119 Å². The number of hydrogen-bond acceptors (Lipinski definition) is 4. The van der Waals surface area contributed by atoms with Gasteiger partial charge in [-0.25, -0.2) is 0 Å². The average molecular weight is 281 g/mol. The van der Waals surface area contributed by atoms with Gasteiger partial charge < -0.3 is 10.1 Å². The van der Waals surface area contributed by atoms with Crippen molar-refractivity contribution >= 4 is 17.3 Å². The number of methoxy groups -OCH3 is 1. The molecule has 106 valence electrons. The van der Waals surface area contributed by atoms with Crippen LogP contribution >= 0.6 is 11.3 Å². The summed E-state index contributed by atoms with van der Waals surface area (Å²) >= 11 is 1.89. The maximum Gasteiger partial charge on any atom is 0.308 e. The van der Waals surface area contributed by atoms with Gasteiger partial charge in [-0.2, -0.15) is 0 Å². The maximum atomic E-state index is 11.4. The minimum Gasteiger partial charge on any atom is -0.469 e. The van der Waals surface area contributed by atoms with Crippen molar-refractivity contribution in [3.05, 3.63) is 21.9 Å². The van der Waals surface area contributed by atoms with E-state index in [9.17, 15) is 4.79 Å². The first kappa shape index (κ1) is 14.5. The van der Waals surface area contributed by atoms with Crippen LogP contribution < -0.4 is 5.32 Å². The van der Waals surface area contributed by atoms with Gasteiger partial charge >= 0.3 is 5.97 Å². The Morgan fingerprint density at radius 2 is 2.00 bits per heavy atom. The molecule has 19 heavy (non-hydrogen) atoms. The van der Waals surface area contributed by atoms with E-state index >= 15 is 0 Å². The summed E-state index contributed by atoms with van der Waals surface area (Å²) in [4.78, 5) is 14.3. The van der Waals surface area contributed by atoms with E-state index in [0.717, 1.165) is 38.6 Å². The molecule has 0 bridgehead atoms. The molecule has 1 N–H and O–H groups in total. The molecule has 1 aliphatic rings. The van der Waals surface area contributed by atoms with Gasteiger partial charge in [0.05, 0.1) is 13.0 Å². The van der Waals surface area contributed by atoms with Crippen molar-refractivity contribution in [2.45, 2.75) is 51.6 Å². The summed E-state index contributed by atoms with van der Waals surface area (Å²) in [7, 11) is 1.48. The van der Waals surface area contributed by atoms with Gasteiger partial charge in [0.2, 0.25) is 0 Å². The fourth-order valence-corrected chi connectivity index (χ4v) is 3.56. The van der Waals surface area contributed by atoms with Crippen LogP contribution in [0, 0.1) is 5.92 Å². The summed E-state index contributed by atoms with van der Waals surface area (Å²) in [5.74, 6) is 0.0841. The van der Waals surface area contributed by atoms with Crippen LogP contribution in [0.3, 0.4) is 0 Å². The Morgan fingerprint density at radius 1 is 1.32 bits per heavy atom. The first-order valence-electron chi connectivity index (χ1n) is 7.11. The highest BCUT2D eigenvalue weighted by molar-refractivity contribution is 7.11. The molecule has 1 aromatic heterocycles. The van der Waals surface area contributed by atoms with Crippen molar-refractivity contribution in [1.29, 1.82) is 0 Å². The summed E-state index contributed by atoms with van der Waals surface area (Å²) in [6, 6.07) is 4.99. The molecule has 1 heterocycles. The van der Waals surface area contributed by atoms with Gasteiger partial charge in [0.25, 0.3) is 0 Å². The number of rotatable bonds is 5. The molecule has 1 aliphatic carbocycles. The quantitative estimate of drug-likeness (QED) is 0.843. The van der Waals surface area contributed by atoms with Crippen LogP contribution in [-0.4, -0.2) is 19.1 Å². The van der Waals surface area contributed by atoms with Gasteiger partial charge in [-0.05, 0) is 44.2 Å². The second-order valence-corrected chi connectivity index (χ2v) is 6.43. The van der Waals surface area contributed by atoms with Gasteiger partial charge in [0.1, 0.15) is 0 Å².